The third-order valence-electron chi connectivity index (χ3n) is 2.64. The van der Waals surface area contributed by atoms with E-state index in [1.54, 1.807) is 0 Å². The number of hydrogen-bond acceptors (Lipinski definition) is 4. The molecule has 1 fully saturated rings. The average molecular weight is 190 g/mol. The molecule has 1 saturated heterocycles. The minimum absolute atomic E-state index is 0.0660. The van der Waals surface area contributed by atoms with Crippen molar-refractivity contribution in [3.8, 4) is 0 Å². The van der Waals surface area contributed by atoms with Gasteiger partial charge in [-0.25, -0.2) is 10.9 Å². The lowest BCUT2D eigenvalue weighted by molar-refractivity contribution is -0.122. The standard InChI is InChI=1S/C9H10N4O/c14-8-9(10-5-11-13-9)6-3-1-2-4-7(6)12-8/h1-4,10-11,13H,5H2,(H,12,14). The van der Waals surface area contributed by atoms with Crippen LogP contribution in [0.15, 0.2) is 24.3 Å². The fourth-order valence-corrected chi connectivity index (χ4v) is 1.95. The molecule has 2 aliphatic rings. The van der Waals surface area contributed by atoms with Crippen molar-refractivity contribution in [2.24, 2.45) is 0 Å². The predicted molar refractivity (Wildman–Crippen MR) is 51.0 cm³/mol. The summed E-state index contributed by atoms with van der Waals surface area (Å²) in [5, 5.41) is 5.93. The molecule has 0 aromatic heterocycles. The van der Waals surface area contributed by atoms with Gasteiger partial charge in [0.05, 0.1) is 6.67 Å². The number of anilines is 1. The minimum atomic E-state index is -0.781. The van der Waals surface area contributed by atoms with Gasteiger partial charge < -0.3 is 5.32 Å². The van der Waals surface area contributed by atoms with E-state index < -0.39 is 5.66 Å². The van der Waals surface area contributed by atoms with E-state index in [0.29, 0.717) is 6.67 Å². The Balaban J connectivity index is 2.18. The van der Waals surface area contributed by atoms with Crippen LogP contribution in [0.2, 0.25) is 0 Å². The van der Waals surface area contributed by atoms with Crippen LogP contribution in [0.3, 0.4) is 0 Å². The van der Waals surface area contributed by atoms with Crippen molar-refractivity contribution in [3.63, 3.8) is 0 Å². The molecule has 5 nitrogen and oxygen atoms in total. The van der Waals surface area contributed by atoms with Gasteiger partial charge in [-0.05, 0) is 6.07 Å². The van der Waals surface area contributed by atoms with Gasteiger partial charge in [0, 0.05) is 11.3 Å². The van der Waals surface area contributed by atoms with Crippen molar-refractivity contribution in [1.82, 2.24) is 16.2 Å². The van der Waals surface area contributed by atoms with Crippen LogP contribution in [0, 0.1) is 0 Å². The van der Waals surface area contributed by atoms with Gasteiger partial charge in [-0.2, -0.15) is 0 Å². The highest BCUT2D eigenvalue weighted by Crippen LogP contribution is 2.34. The predicted octanol–water partition coefficient (Wildman–Crippen LogP) is -0.554. The van der Waals surface area contributed by atoms with Crippen molar-refractivity contribution >= 4 is 11.6 Å². The zero-order chi connectivity index (χ0) is 9.60. The molecule has 2 heterocycles. The summed E-state index contributed by atoms with van der Waals surface area (Å²) in [7, 11) is 0. The zero-order valence-corrected chi connectivity index (χ0v) is 7.42. The summed E-state index contributed by atoms with van der Waals surface area (Å²) in [6.45, 7) is 0.571. The number of nitrogens with one attached hydrogen (secondary N) is 4. The Morgan fingerprint density at radius 2 is 2.14 bits per heavy atom. The lowest BCUT2D eigenvalue weighted by Gasteiger charge is -2.20. The molecule has 0 aliphatic carbocycles. The number of hydrazine groups is 1. The quantitative estimate of drug-likeness (QED) is 0.443. The van der Waals surface area contributed by atoms with E-state index in [-0.39, 0.29) is 5.91 Å². The first-order valence-electron chi connectivity index (χ1n) is 4.49. The Kier molecular flexibility index (Phi) is 1.44. The van der Waals surface area contributed by atoms with E-state index in [2.05, 4.69) is 21.5 Å². The van der Waals surface area contributed by atoms with E-state index in [9.17, 15) is 4.79 Å². The van der Waals surface area contributed by atoms with Crippen LogP contribution in [-0.2, 0) is 10.5 Å². The van der Waals surface area contributed by atoms with Crippen LogP contribution < -0.4 is 21.5 Å². The van der Waals surface area contributed by atoms with Gasteiger partial charge in [0.15, 0.2) is 5.66 Å². The van der Waals surface area contributed by atoms with Crippen LogP contribution >= 0.6 is 0 Å². The molecule has 72 valence electrons. The summed E-state index contributed by atoms with van der Waals surface area (Å²) in [6.07, 6.45) is 0. The lowest BCUT2D eigenvalue weighted by atomic mass is 10.0. The fourth-order valence-electron chi connectivity index (χ4n) is 1.95. The molecule has 5 heteroatoms. The molecule has 0 bridgehead atoms. The second-order valence-electron chi connectivity index (χ2n) is 3.41. The first-order chi connectivity index (χ1) is 6.83. The Hall–Kier alpha value is -1.43. The number of carbonyl (C=O) groups is 1. The molecule has 1 unspecified atom stereocenters. The lowest BCUT2D eigenvalue weighted by Crippen LogP contribution is -2.52. The van der Waals surface area contributed by atoms with E-state index in [4.69, 9.17) is 0 Å². The second-order valence-corrected chi connectivity index (χ2v) is 3.41. The van der Waals surface area contributed by atoms with Crippen molar-refractivity contribution in [2.75, 3.05) is 12.0 Å². The maximum Gasteiger partial charge on any atom is 0.265 e. The van der Waals surface area contributed by atoms with Gasteiger partial charge in [-0.3, -0.25) is 10.1 Å². The summed E-state index contributed by atoms with van der Waals surface area (Å²) in [5.41, 5.74) is 6.89. The molecule has 4 N–H and O–H groups in total. The first-order valence-corrected chi connectivity index (χ1v) is 4.49. The second kappa shape index (κ2) is 2.54. The van der Waals surface area contributed by atoms with Gasteiger partial charge in [0.2, 0.25) is 0 Å². The van der Waals surface area contributed by atoms with Crippen molar-refractivity contribution in [2.45, 2.75) is 5.66 Å². The average Bonchev–Trinajstić information content (AvgIpc) is 2.77. The molecule has 0 saturated carbocycles. The van der Waals surface area contributed by atoms with Gasteiger partial charge in [0.1, 0.15) is 0 Å². The van der Waals surface area contributed by atoms with Crippen LogP contribution in [0.5, 0.6) is 0 Å². The van der Waals surface area contributed by atoms with E-state index in [0.717, 1.165) is 11.3 Å². The van der Waals surface area contributed by atoms with E-state index in [1.165, 1.54) is 0 Å². The number of fused-ring (bicyclic) bond motifs is 2. The number of hydrogen-bond donors (Lipinski definition) is 4. The molecular weight excluding hydrogens is 180 g/mol. The third kappa shape index (κ3) is 0.810. The van der Waals surface area contributed by atoms with Crippen LogP contribution in [0.1, 0.15) is 5.56 Å². The normalized spacial score (nSPS) is 29.3. The van der Waals surface area contributed by atoms with Crippen LogP contribution in [0.25, 0.3) is 0 Å². The van der Waals surface area contributed by atoms with Gasteiger partial charge in [0.25, 0.3) is 5.91 Å². The molecule has 1 aromatic rings. The van der Waals surface area contributed by atoms with E-state index >= 15 is 0 Å². The molecule has 0 radical (unpaired) electrons. The Labute approximate surface area is 80.8 Å². The Morgan fingerprint density at radius 1 is 1.29 bits per heavy atom. The molecule has 1 atom stereocenters. The Bertz CT molecular complexity index is 398. The largest absolute Gasteiger partial charge is 0.323 e. The van der Waals surface area contributed by atoms with Gasteiger partial charge >= 0.3 is 0 Å². The van der Waals surface area contributed by atoms with Gasteiger partial charge in [-0.15, -0.1) is 0 Å². The zero-order valence-electron chi connectivity index (χ0n) is 7.42. The highest BCUT2D eigenvalue weighted by atomic mass is 16.2. The van der Waals surface area contributed by atoms with E-state index in [1.807, 2.05) is 24.3 Å². The third-order valence-corrected chi connectivity index (χ3v) is 2.64. The summed E-state index contributed by atoms with van der Waals surface area (Å²) in [5.74, 6) is -0.0660. The molecule has 1 aromatic carbocycles. The number of amides is 1. The highest BCUT2D eigenvalue weighted by Gasteiger charge is 2.48. The molecule has 3 rings (SSSR count). The number of benzene rings is 1. The summed E-state index contributed by atoms with van der Waals surface area (Å²) in [4.78, 5) is 11.8. The summed E-state index contributed by atoms with van der Waals surface area (Å²) >= 11 is 0. The minimum Gasteiger partial charge on any atom is -0.323 e. The van der Waals surface area contributed by atoms with Crippen molar-refractivity contribution in [3.05, 3.63) is 29.8 Å². The summed E-state index contributed by atoms with van der Waals surface area (Å²) < 4.78 is 0. The SMILES string of the molecule is O=C1Nc2ccccc2C12NCNN2. The number of carbonyl (C=O) groups excluding carboxylic acids is 1. The topological polar surface area (TPSA) is 65.2 Å². The maximum atomic E-state index is 11.8. The molecular formula is C9H10N4O. The van der Waals surface area contributed by atoms with Crippen molar-refractivity contribution in [1.29, 1.82) is 0 Å². The van der Waals surface area contributed by atoms with Crippen molar-refractivity contribution < 1.29 is 4.79 Å². The highest BCUT2D eigenvalue weighted by molar-refractivity contribution is 6.05. The summed E-state index contributed by atoms with van der Waals surface area (Å²) in [6, 6.07) is 7.65. The smallest absolute Gasteiger partial charge is 0.265 e. The maximum absolute atomic E-state index is 11.8. The molecule has 1 spiro atoms. The van der Waals surface area contributed by atoms with Crippen LogP contribution in [0.4, 0.5) is 5.69 Å². The number of para-hydroxylation sites is 1. The van der Waals surface area contributed by atoms with Gasteiger partial charge in [-0.1, -0.05) is 18.2 Å². The fraction of sp³-hybridized carbons (Fsp3) is 0.222. The molecule has 14 heavy (non-hydrogen) atoms. The molecule has 2 aliphatic heterocycles. The monoisotopic (exact) mass is 190 g/mol. The molecule has 1 amide bonds. The Morgan fingerprint density at radius 3 is 2.93 bits per heavy atom. The number of rotatable bonds is 0. The van der Waals surface area contributed by atoms with Crippen LogP contribution in [-0.4, -0.2) is 12.6 Å². The first kappa shape index (κ1) is 7.93.